The van der Waals surface area contributed by atoms with Crippen LogP contribution in [0.2, 0.25) is 0 Å². The van der Waals surface area contributed by atoms with E-state index in [0.29, 0.717) is 50.5 Å². The standard InChI is InChI=1S/C18H26N2O5S/c1-24-16-10-14-4-7-19(12-15(14)11-17(16)25-2)18(21)13-5-8-20(9-6-13)26(3,22)23/h10-11,13H,4-9,12H2,1-3H3. The van der Waals surface area contributed by atoms with Gasteiger partial charge in [-0.15, -0.1) is 0 Å². The number of benzene rings is 1. The first kappa shape index (κ1) is 19.0. The third-order valence-corrected chi connectivity index (χ3v) is 6.61. The molecule has 0 bridgehead atoms. The minimum Gasteiger partial charge on any atom is -0.493 e. The molecule has 0 aromatic heterocycles. The van der Waals surface area contributed by atoms with Gasteiger partial charge < -0.3 is 14.4 Å². The molecule has 0 radical (unpaired) electrons. The molecule has 1 fully saturated rings. The number of nitrogens with zero attached hydrogens (tertiary/aromatic N) is 2. The van der Waals surface area contributed by atoms with E-state index in [1.54, 1.807) is 14.2 Å². The zero-order valence-electron chi connectivity index (χ0n) is 15.5. The van der Waals surface area contributed by atoms with Crippen LogP contribution < -0.4 is 9.47 Å². The van der Waals surface area contributed by atoms with E-state index in [9.17, 15) is 13.2 Å². The van der Waals surface area contributed by atoms with Gasteiger partial charge in [0.05, 0.1) is 20.5 Å². The molecule has 0 atom stereocenters. The highest BCUT2D eigenvalue weighted by atomic mass is 32.2. The first-order chi connectivity index (χ1) is 12.3. The van der Waals surface area contributed by atoms with E-state index in [1.165, 1.54) is 16.1 Å². The minimum atomic E-state index is -3.17. The fourth-order valence-electron chi connectivity index (χ4n) is 3.76. The molecule has 1 saturated heterocycles. The van der Waals surface area contributed by atoms with Crippen molar-refractivity contribution in [1.29, 1.82) is 0 Å². The molecule has 26 heavy (non-hydrogen) atoms. The van der Waals surface area contributed by atoms with Gasteiger partial charge in [0.1, 0.15) is 0 Å². The number of hydrogen-bond donors (Lipinski definition) is 0. The van der Waals surface area contributed by atoms with Crippen LogP contribution in [-0.4, -0.2) is 63.6 Å². The predicted molar refractivity (Wildman–Crippen MR) is 97.8 cm³/mol. The molecule has 8 heteroatoms. The molecule has 7 nitrogen and oxygen atoms in total. The average Bonchev–Trinajstić information content (AvgIpc) is 2.65. The minimum absolute atomic E-state index is 0.102. The Hall–Kier alpha value is -1.80. The van der Waals surface area contributed by atoms with Gasteiger partial charge in [0.2, 0.25) is 15.9 Å². The lowest BCUT2D eigenvalue weighted by Crippen LogP contribution is -2.45. The van der Waals surface area contributed by atoms with Crippen molar-refractivity contribution in [1.82, 2.24) is 9.21 Å². The molecular weight excluding hydrogens is 356 g/mol. The van der Waals surface area contributed by atoms with Gasteiger partial charge in [-0.2, -0.15) is 0 Å². The van der Waals surface area contributed by atoms with Gasteiger partial charge in [0, 0.05) is 32.1 Å². The second-order valence-electron chi connectivity index (χ2n) is 6.92. The second-order valence-corrected chi connectivity index (χ2v) is 8.90. The van der Waals surface area contributed by atoms with Crippen LogP contribution in [0.3, 0.4) is 0 Å². The zero-order chi connectivity index (χ0) is 18.9. The van der Waals surface area contributed by atoms with Crippen LogP contribution in [0, 0.1) is 5.92 Å². The Balaban J connectivity index is 1.68. The van der Waals surface area contributed by atoms with E-state index in [-0.39, 0.29) is 11.8 Å². The number of hydrogen-bond acceptors (Lipinski definition) is 5. The van der Waals surface area contributed by atoms with Crippen LogP contribution in [-0.2, 0) is 27.8 Å². The molecule has 0 unspecified atom stereocenters. The molecule has 3 rings (SSSR count). The third kappa shape index (κ3) is 3.81. The van der Waals surface area contributed by atoms with E-state index < -0.39 is 10.0 Å². The lowest BCUT2D eigenvalue weighted by Gasteiger charge is -2.35. The molecule has 0 aliphatic carbocycles. The van der Waals surface area contributed by atoms with Gasteiger partial charge in [0.15, 0.2) is 11.5 Å². The Morgan fingerprint density at radius 1 is 1.04 bits per heavy atom. The van der Waals surface area contributed by atoms with Gasteiger partial charge in [-0.1, -0.05) is 0 Å². The van der Waals surface area contributed by atoms with Crippen molar-refractivity contribution in [3.8, 4) is 11.5 Å². The van der Waals surface area contributed by atoms with Crippen molar-refractivity contribution in [3.05, 3.63) is 23.3 Å². The van der Waals surface area contributed by atoms with Crippen molar-refractivity contribution >= 4 is 15.9 Å². The number of sulfonamides is 1. The molecule has 2 heterocycles. The largest absolute Gasteiger partial charge is 0.493 e. The Morgan fingerprint density at radius 2 is 1.62 bits per heavy atom. The van der Waals surface area contributed by atoms with E-state index in [1.807, 2.05) is 17.0 Å². The van der Waals surface area contributed by atoms with Gasteiger partial charge in [-0.3, -0.25) is 4.79 Å². The second kappa shape index (κ2) is 7.44. The Morgan fingerprint density at radius 3 is 2.15 bits per heavy atom. The molecule has 144 valence electrons. The highest BCUT2D eigenvalue weighted by molar-refractivity contribution is 7.88. The molecule has 0 spiro atoms. The first-order valence-corrected chi connectivity index (χ1v) is 10.7. The summed E-state index contributed by atoms with van der Waals surface area (Å²) >= 11 is 0. The third-order valence-electron chi connectivity index (χ3n) is 5.30. The van der Waals surface area contributed by atoms with E-state index in [4.69, 9.17) is 9.47 Å². The van der Waals surface area contributed by atoms with Crippen LogP contribution >= 0.6 is 0 Å². The first-order valence-electron chi connectivity index (χ1n) is 8.81. The van der Waals surface area contributed by atoms with Crippen molar-refractivity contribution in [2.24, 2.45) is 5.92 Å². The van der Waals surface area contributed by atoms with E-state index in [0.717, 1.165) is 12.0 Å². The van der Waals surface area contributed by atoms with Crippen molar-refractivity contribution < 1.29 is 22.7 Å². The number of ether oxygens (including phenoxy) is 2. The maximum absolute atomic E-state index is 12.9. The normalized spacial score (nSPS) is 19.1. The summed E-state index contributed by atoms with van der Waals surface area (Å²) in [7, 11) is 0.0480. The Bertz CT molecular complexity index is 785. The summed E-state index contributed by atoms with van der Waals surface area (Å²) in [6, 6.07) is 3.93. The zero-order valence-corrected chi connectivity index (χ0v) is 16.3. The molecule has 1 amide bonds. The molecule has 1 aromatic rings. The van der Waals surface area contributed by atoms with Crippen LogP contribution in [0.1, 0.15) is 24.0 Å². The summed E-state index contributed by atoms with van der Waals surface area (Å²) in [5, 5.41) is 0. The summed E-state index contributed by atoms with van der Waals surface area (Å²) in [4.78, 5) is 14.8. The summed E-state index contributed by atoms with van der Waals surface area (Å²) in [5.41, 5.74) is 2.26. The lowest BCUT2D eigenvalue weighted by molar-refractivity contribution is -0.137. The number of piperidine rings is 1. The average molecular weight is 382 g/mol. The van der Waals surface area contributed by atoms with Crippen LogP contribution in [0.25, 0.3) is 0 Å². The highest BCUT2D eigenvalue weighted by Crippen LogP contribution is 2.34. The quantitative estimate of drug-likeness (QED) is 0.784. The molecule has 2 aliphatic rings. The molecule has 2 aliphatic heterocycles. The molecule has 0 N–H and O–H groups in total. The van der Waals surface area contributed by atoms with E-state index in [2.05, 4.69) is 0 Å². The van der Waals surface area contributed by atoms with Gasteiger partial charge >= 0.3 is 0 Å². The number of carbonyl (C=O) groups excluding carboxylic acids is 1. The number of amides is 1. The topological polar surface area (TPSA) is 76.2 Å². The number of methoxy groups -OCH3 is 2. The summed E-state index contributed by atoms with van der Waals surface area (Å²) in [6.07, 6.45) is 3.17. The molecular formula is C18H26N2O5S. The van der Waals surface area contributed by atoms with Crippen molar-refractivity contribution in [3.63, 3.8) is 0 Å². The SMILES string of the molecule is COc1cc2c(cc1OC)CN(C(=O)C1CCN(S(C)(=O)=O)CC1)CC2. The fourth-order valence-corrected chi connectivity index (χ4v) is 4.64. The molecule has 0 saturated carbocycles. The Labute approximate surface area is 154 Å². The Kier molecular flexibility index (Phi) is 5.43. The predicted octanol–water partition coefficient (Wildman–Crippen LogP) is 1.26. The van der Waals surface area contributed by atoms with Crippen molar-refractivity contribution in [2.75, 3.05) is 40.1 Å². The maximum Gasteiger partial charge on any atom is 0.226 e. The number of carbonyl (C=O) groups is 1. The summed E-state index contributed by atoms with van der Waals surface area (Å²) in [5.74, 6) is 1.40. The fraction of sp³-hybridized carbons (Fsp3) is 0.611. The maximum atomic E-state index is 12.9. The number of fused-ring (bicyclic) bond motifs is 1. The molecule has 1 aromatic carbocycles. The smallest absolute Gasteiger partial charge is 0.226 e. The van der Waals surface area contributed by atoms with E-state index >= 15 is 0 Å². The van der Waals surface area contributed by atoms with Gasteiger partial charge in [0.25, 0.3) is 0 Å². The summed E-state index contributed by atoms with van der Waals surface area (Å²) < 4.78 is 35.4. The summed E-state index contributed by atoms with van der Waals surface area (Å²) in [6.45, 7) is 2.07. The van der Waals surface area contributed by atoms with Gasteiger partial charge in [-0.25, -0.2) is 12.7 Å². The van der Waals surface area contributed by atoms with Crippen LogP contribution in [0.5, 0.6) is 11.5 Å². The monoisotopic (exact) mass is 382 g/mol. The van der Waals surface area contributed by atoms with Crippen LogP contribution in [0.15, 0.2) is 12.1 Å². The lowest BCUT2D eigenvalue weighted by atomic mass is 9.93. The van der Waals surface area contributed by atoms with Crippen LogP contribution in [0.4, 0.5) is 0 Å². The highest BCUT2D eigenvalue weighted by Gasteiger charge is 2.32. The van der Waals surface area contributed by atoms with Crippen molar-refractivity contribution in [2.45, 2.75) is 25.8 Å². The van der Waals surface area contributed by atoms with Gasteiger partial charge in [-0.05, 0) is 42.5 Å². The number of rotatable bonds is 4.